The van der Waals surface area contributed by atoms with Gasteiger partial charge in [-0.3, -0.25) is 0 Å². The zero-order valence-electron chi connectivity index (χ0n) is 15.7. The van der Waals surface area contributed by atoms with Gasteiger partial charge in [-0.15, -0.1) is 24.8 Å². The Morgan fingerprint density at radius 1 is 1.04 bits per heavy atom. The Morgan fingerprint density at radius 2 is 1.70 bits per heavy atom. The van der Waals surface area contributed by atoms with Crippen molar-refractivity contribution in [3.05, 3.63) is 64.2 Å². The van der Waals surface area contributed by atoms with E-state index in [0.717, 1.165) is 30.0 Å². The van der Waals surface area contributed by atoms with Gasteiger partial charge in [0.1, 0.15) is 12.4 Å². The quantitative estimate of drug-likeness (QED) is 0.491. The first-order valence-corrected chi connectivity index (χ1v) is 8.98. The van der Waals surface area contributed by atoms with Gasteiger partial charge >= 0.3 is 0 Å². The van der Waals surface area contributed by atoms with Crippen molar-refractivity contribution in [3.8, 4) is 5.75 Å². The maximum absolute atomic E-state index is 9.21. The Kier molecular flexibility index (Phi) is 13.5. The molecule has 0 amide bonds. The third kappa shape index (κ3) is 10.2. The molecule has 0 saturated heterocycles. The van der Waals surface area contributed by atoms with Crippen molar-refractivity contribution in [2.24, 2.45) is 0 Å². The second-order valence-electron chi connectivity index (χ2n) is 6.26. The lowest BCUT2D eigenvalue weighted by Gasteiger charge is -2.13. The summed E-state index contributed by atoms with van der Waals surface area (Å²) in [6.45, 7) is 7.25. The van der Waals surface area contributed by atoms with Crippen LogP contribution in [0, 0.1) is 6.92 Å². The van der Waals surface area contributed by atoms with Crippen LogP contribution in [0.5, 0.6) is 5.75 Å². The Bertz CT molecular complexity index is 652. The fourth-order valence-corrected chi connectivity index (χ4v) is 2.58. The normalized spacial score (nSPS) is 11.3. The number of aliphatic hydroxyl groups excluding tert-OH is 1. The molecule has 0 heterocycles. The molecule has 2 aromatic rings. The smallest absolute Gasteiger partial charge is 0.124 e. The summed E-state index contributed by atoms with van der Waals surface area (Å²) in [6, 6.07) is 14.0. The Labute approximate surface area is 179 Å². The number of aliphatic hydroxyl groups is 1. The van der Waals surface area contributed by atoms with Crippen LogP contribution in [-0.4, -0.2) is 30.8 Å². The standard InChI is InChI=1S/C20H27ClN2O2.2ClH/c1-15-3-5-17(6-4-15)14-25-20-8-7-19(21)11-18(20)13-23-10-9-22-12-16(2)24;;/h3-8,11,16,22-24H,9-10,12-14H2,1-2H3;2*1H. The molecular formula is C20H29Cl3N2O2. The minimum Gasteiger partial charge on any atom is -0.489 e. The van der Waals surface area contributed by atoms with E-state index in [1.165, 1.54) is 5.56 Å². The molecule has 2 aromatic carbocycles. The van der Waals surface area contributed by atoms with Gasteiger partial charge in [-0.25, -0.2) is 0 Å². The van der Waals surface area contributed by atoms with E-state index in [2.05, 4.69) is 41.8 Å². The van der Waals surface area contributed by atoms with Gasteiger partial charge in [0.25, 0.3) is 0 Å². The summed E-state index contributed by atoms with van der Waals surface area (Å²) in [4.78, 5) is 0. The topological polar surface area (TPSA) is 53.5 Å². The molecule has 0 saturated carbocycles. The fourth-order valence-electron chi connectivity index (χ4n) is 2.38. The van der Waals surface area contributed by atoms with Gasteiger partial charge in [0.05, 0.1) is 6.10 Å². The molecule has 0 spiro atoms. The van der Waals surface area contributed by atoms with Gasteiger partial charge in [0.2, 0.25) is 0 Å². The molecule has 0 radical (unpaired) electrons. The van der Waals surface area contributed by atoms with Gasteiger partial charge in [0, 0.05) is 36.8 Å². The molecule has 0 aromatic heterocycles. The number of rotatable bonds is 10. The maximum atomic E-state index is 9.21. The Morgan fingerprint density at radius 3 is 2.37 bits per heavy atom. The lowest BCUT2D eigenvalue weighted by atomic mass is 10.1. The highest BCUT2D eigenvalue weighted by Gasteiger charge is 2.06. The lowest BCUT2D eigenvalue weighted by molar-refractivity contribution is 0.191. The average Bonchev–Trinajstić information content (AvgIpc) is 2.58. The largest absolute Gasteiger partial charge is 0.489 e. The predicted octanol–water partition coefficient (Wildman–Crippen LogP) is 4.13. The third-order valence-corrected chi connectivity index (χ3v) is 4.01. The molecule has 3 N–H and O–H groups in total. The third-order valence-electron chi connectivity index (χ3n) is 3.77. The van der Waals surface area contributed by atoms with Crippen molar-refractivity contribution in [1.29, 1.82) is 0 Å². The first-order chi connectivity index (χ1) is 12.0. The van der Waals surface area contributed by atoms with Crippen LogP contribution >= 0.6 is 36.4 Å². The predicted molar refractivity (Wildman–Crippen MR) is 118 cm³/mol. The van der Waals surface area contributed by atoms with Gasteiger partial charge in [-0.2, -0.15) is 0 Å². The van der Waals surface area contributed by atoms with Gasteiger partial charge in [0.15, 0.2) is 0 Å². The molecule has 2 rings (SSSR count). The number of hydrogen-bond acceptors (Lipinski definition) is 4. The molecule has 0 fully saturated rings. The summed E-state index contributed by atoms with van der Waals surface area (Å²) in [5, 5.41) is 16.5. The summed E-state index contributed by atoms with van der Waals surface area (Å²) >= 11 is 6.13. The Balaban J connectivity index is 0.00000338. The highest BCUT2D eigenvalue weighted by atomic mass is 35.5. The van der Waals surface area contributed by atoms with E-state index in [4.69, 9.17) is 16.3 Å². The maximum Gasteiger partial charge on any atom is 0.124 e. The SMILES string of the molecule is Cc1ccc(COc2ccc(Cl)cc2CNCCNCC(C)O)cc1.Cl.Cl. The van der Waals surface area contributed by atoms with E-state index in [9.17, 15) is 5.11 Å². The molecule has 0 bridgehead atoms. The number of hydrogen-bond donors (Lipinski definition) is 3. The van der Waals surface area contributed by atoms with Gasteiger partial charge in [-0.1, -0.05) is 41.4 Å². The molecule has 152 valence electrons. The first-order valence-electron chi connectivity index (χ1n) is 8.61. The molecule has 0 aliphatic heterocycles. The average molecular weight is 436 g/mol. The number of ether oxygens (including phenoxy) is 1. The highest BCUT2D eigenvalue weighted by molar-refractivity contribution is 6.30. The summed E-state index contributed by atoms with van der Waals surface area (Å²) in [7, 11) is 0. The molecule has 1 atom stereocenters. The van der Waals surface area contributed by atoms with Crippen LogP contribution in [0.2, 0.25) is 5.02 Å². The van der Waals surface area contributed by atoms with Crippen LogP contribution in [0.4, 0.5) is 0 Å². The van der Waals surface area contributed by atoms with Gasteiger partial charge < -0.3 is 20.5 Å². The molecular weight excluding hydrogens is 407 g/mol. The second-order valence-corrected chi connectivity index (χ2v) is 6.69. The molecule has 0 aliphatic rings. The van der Waals surface area contributed by atoms with E-state index in [0.29, 0.717) is 24.7 Å². The van der Waals surface area contributed by atoms with E-state index < -0.39 is 0 Å². The van der Waals surface area contributed by atoms with E-state index in [-0.39, 0.29) is 30.9 Å². The summed E-state index contributed by atoms with van der Waals surface area (Å²) in [5.74, 6) is 0.842. The fraction of sp³-hybridized carbons (Fsp3) is 0.400. The summed E-state index contributed by atoms with van der Waals surface area (Å²) < 4.78 is 5.98. The number of halogens is 3. The van der Waals surface area contributed by atoms with Crippen molar-refractivity contribution in [2.75, 3.05) is 19.6 Å². The number of aryl methyl sites for hydroxylation is 1. The molecule has 1 unspecified atom stereocenters. The molecule has 27 heavy (non-hydrogen) atoms. The first kappa shape index (κ1) is 26.0. The molecule has 7 heteroatoms. The van der Waals surface area contributed by atoms with Crippen molar-refractivity contribution in [1.82, 2.24) is 10.6 Å². The van der Waals surface area contributed by atoms with Crippen LogP contribution in [0.3, 0.4) is 0 Å². The minimum absolute atomic E-state index is 0. The zero-order chi connectivity index (χ0) is 18.1. The highest BCUT2D eigenvalue weighted by Crippen LogP contribution is 2.24. The van der Waals surface area contributed by atoms with E-state index in [1.54, 1.807) is 6.92 Å². The minimum atomic E-state index is -0.324. The summed E-state index contributed by atoms with van der Waals surface area (Å²) in [6.07, 6.45) is -0.324. The van der Waals surface area contributed by atoms with Gasteiger partial charge in [-0.05, 0) is 37.6 Å². The van der Waals surface area contributed by atoms with Crippen LogP contribution in [-0.2, 0) is 13.2 Å². The monoisotopic (exact) mass is 434 g/mol. The Hall–Kier alpha value is -1.01. The number of nitrogens with one attached hydrogen (secondary N) is 2. The van der Waals surface area contributed by atoms with Crippen molar-refractivity contribution < 1.29 is 9.84 Å². The van der Waals surface area contributed by atoms with Crippen LogP contribution < -0.4 is 15.4 Å². The second kappa shape index (κ2) is 14.1. The zero-order valence-corrected chi connectivity index (χ0v) is 18.1. The van der Waals surface area contributed by atoms with Crippen LogP contribution in [0.15, 0.2) is 42.5 Å². The van der Waals surface area contributed by atoms with Crippen molar-refractivity contribution in [2.45, 2.75) is 33.1 Å². The lowest BCUT2D eigenvalue weighted by Crippen LogP contribution is -2.31. The molecule has 4 nitrogen and oxygen atoms in total. The van der Waals surface area contributed by atoms with Crippen LogP contribution in [0.25, 0.3) is 0 Å². The van der Waals surface area contributed by atoms with E-state index in [1.807, 2.05) is 18.2 Å². The van der Waals surface area contributed by atoms with Crippen LogP contribution in [0.1, 0.15) is 23.6 Å². The molecule has 0 aliphatic carbocycles. The van der Waals surface area contributed by atoms with E-state index >= 15 is 0 Å². The number of benzene rings is 2. The van der Waals surface area contributed by atoms with Crippen molar-refractivity contribution in [3.63, 3.8) is 0 Å². The van der Waals surface area contributed by atoms with Crippen molar-refractivity contribution >= 4 is 36.4 Å². The summed E-state index contributed by atoms with van der Waals surface area (Å²) in [5.41, 5.74) is 3.42.